The van der Waals surface area contributed by atoms with Gasteiger partial charge in [0.2, 0.25) is 0 Å². The fourth-order valence-electron chi connectivity index (χ4n) is 2.12. The largest absolute Gasteiger partial charge is 0.377 e. The van der Waals surface area contributed by atoms with E-state index in [1.807, 2.05) is 18.2 Å². The summed E-state index contributed by atoms with van der Waals surface area (Å²) in [6.07, 6.45) is 2.83. The lowest BCUT2D eigenvalue weighted by molar-refractivity contribution is 0.647. The molecule has 0 saturated heterocycles. The first kappa shape index (κ1) is 17.3. The van der Waals surface area contributed by atoms with Crippen LogP contribution in [0.2, 0.25) is 0 Å². The highest BCUT2D eigenvalue weighted by molar-refractivity contribution is 8.13. The molecule has 2 aromatic carbocycles. The summed E-state index contributed by atoms with van der Waals surface area (Å²) in [5, 5.41) is 8.57. The Morgan fingerprint density at radius 3 is 2.39 bits per heavy atom. The van der Waals surface area contributed by atoms with Gasteiger partial charge >= 0.3 is 0 Å². The second kappa shape index (κ2) is 9.16. The molecule has 2 aromatic rings. The van der Waals surface area contributed by atoms with Crippen LogP contribution in [-0.4, -0.2) is 11.4 Å². The molecule has 0 aliphatic heterocycles. The lowest BCUT2D eigenvalue weighted by Crippen LogP contribution is -2.06. The zero-order valence-electron chi connectivity index (χ0n) is 13.6. The Kier molecular flexibility index (Phi) is 6.88. The molecule has 0 radical (unpaired) electrons. The van der Waals surface area contributed by atoms with Crippen LogP contribution in [0.5, 0.6) is 0 Å². The van der Waals surface area contributed by atoms with Crippen molar-refractivity contribution >= 4 is 23.1 Å². The van der Waals surface area contributed by atoms with Gasteiger partial charge in [0, 0.05) is 5.75 Å². The van der Waals surface area contributed by atoms with Gasteiger partial charge < -0.3 is 5.73 Å². The number of thioether (sulfide) groups is 1. The van der Waals surface area contributed by atoms with E-state index in [1.54, 1.807) is 6.21 Å². The van der Waals surface area contributed by atoms with E-state index in [1.165, 1.54) is 22.9 Å². The maximum Gasteiger partial charge on any atom is 0.180 e. The van der Waals surface area contributed by atoms with Crippen molar-refractivity contribution in [1.29, 1.82) is 0 Å². The first-order valence-corrected chi connectivity index (χ1v) is 8.74. The maximum absolute atomic E-state index is 5.86. The molecule has 0 amide bonds. The molecule has 2 rings (SSSR count). The molecule has 4 heteroatoms. The van der Waals surface area contributed by atoms with Gasteiger partial charge in [-0.15, -0.1) is 5.10 Å². The van der Waals surface area contributed by atoms with Crippen molar-refractivity contribution in [1.82, 2.24) is 0 Å². The molecule has 2 N–H and O–H groups in total. The van der Waals surface area contributed by atoms with E-state index in [0.29, 0.717) is 11.1 Å². The molecule has 120 valence electrons. The fraction of sp³-hybridized carbons (Fsp3) is 0.263. The van der Waals surface area contributed by atoms with Crippen LogP contribution in [0.25, 0.3) is 0 Å². The number of hydrogen-bond donors (Lipinski definition) is 1. The molecule has 0 unspecified atom stereocenters. The molecule has 0 saturated carbocycles. The van der Waals surface area contributed by atoms with Crippen LogP contribution >= 0.6 is 11.8 Å². The topological polar surface area (TPSA) is 50.7 Å². The second-order valence-corrected chi connectivity index (χ2v) is 6.79. The number of amidine groups is 1. The Morgan fingerprint density at radius 2 is 1.74 bits per heavy atom. The molecule has 0 bridgehead atoms. The van der Waals surface area contributed by atoms with Crippen LogP contribution in [0, 0.1) is 5.92 Å². The normalized spacial score (nSPS) is 12.2. The van der Waals surface area contributed by atoms with E-state index in [2.05, 4.69) is 60.4 Å². The van der Waals surface area contributed by atoms with Crippen molar-refractivity contribution in [3.63, 3.8) is 0 Å². The molecule has 0 aliphatic carbocycles. The first-order valence-electron chi connectivity index (χ1n) is 7.75. The van der Waals surface area contributed by atoms with Crippen molar-refractivity contribution in [3.8, 4) is 0 Å². The molecule has 0 heterocycles. The van der Waals surface area contributed by atoms with E-state index >= 15 is 0 Å². The Morgan fingerprint density at radius 1 is 1.04 bits per heavy atom. The number of rotatable bonds is 6. The molecule has 0 atom stereocenters. The molecule has 23 heavy (non-hydrogen) atoms. The van der Waals surface area contributed by atoms with E-state index in [-0.39, 0.29) is 0 Å². The van der Waals surface area contributed by atoms with Crippen LogP contribution in [0.3, 0.4) is 0 Å². The van der Waals surface area contributed by atoms with Gasteiger partial charge in [0.25, 0.3) is 0 Å². The Balaban J connectivity index is 1.84. The van der Waals surface area contributed by atoms with Gasteiger partial charge in [-0.2, -0.15) is 5.10 Å². The summed E-state index contributed by atoms with van der Waals surface area (Å²) < 4.78 is 0. The van der Waals surface area contributed by atoms with E-state index < -0.39 is 0 Å². The monoisotopic (exact) mass is 325 g/mol. The lowest BCUT2D eigenvalue weighted by Gasteiger charge is -2.04. The summed E-state index contributed by atoms with van der Waals surface area (Å²) in [7, 11) is 0. The number of benzene rings is 2. The van der Waals surface area contributed by atoms with E-state index in [9.17, 15) is 0 Å². The third-order valence-corrected chi connectivity index (χ3v) is 4.07. The third-order valence-electron chi connectivity index (χ3n) is 3.22. The van der Waals surface area contributed by atoms with Crippen molar-refractivity contribution in [2.75, 3.05) is 0 Å². The van der Waals surface area contributed by atoms with Crippen LogP contribution in [0.4, 0.5) is 0 Å². The predicted molar refractivity (Wildman–Crippen MR) is 102 cm³/mol. The first-order chi connectivity index (χ1) is 11.1. The van der Waals surface area contributed by atoms with Gasteiger partial charge in [0.05, 0.1) is 6.21 Å². The minimum atomic E-state index is 0.474. The summed E-state index contributed by atoms with van der Waals surface area (Å²) >= 11 is 1.49. The Hall–Kier alpha value is -2.07. The lowest BCUT2D eigenvalue weighted by atomic mass is 10.0. The number of nitrogens with zero attached hydrogens (tertiary/aromatic N) is 2. The van der Waals surface area contributed by atoms with Crippen LogP contribution in [0.1, 0.15) is 30.5 Å². The second-order valence-electron chi connectivity index (χ2n) is 5.80. The third kappa shape index (κ3) is 6.70. The Labute approximate surface area is 142 Å². The zero-order chi connectivity index (χ0) is 16.5. The minimum Gasteiger partial charge on any atom is -0.377 e. The van der Waals surface area contributed by atoms with Crippen molar-refractivity contribution in [2.24, 2.45) is 21.9 Å². The average molecular weight is 325 g/mol. The fourth-order valence-corrected chi connectivity index (χ4v) is 2.74. The summed E-state index contributed by atoms with van der Waals surface area (Å²) in [6.45, 7) is 4.44. The van der Waals surface area contributed by atoms with E-state index in [0.717, 1.165) is 17.7 Å². The smallest absolute Gasteiger partial charge is 0.180 e. The molecule has 0 aromatic heterocycles. The van der Waals surface area contributed by atoms with Crippen molar-refractivity contribution in [3.05, 3.63) is 71.3 Å². The summed E-state index contributed by atoms with van der Waals surface area (Å²) in [5.74, 6) is 1.47. The van der Waals surface area contributed by atoms with Gasteiger partial charge in [-0.3, -0.25) is 0 Å². The van der Waals surface area contributed by atoms with Gasteiger partial charge in [-0.25, -0.2) is 0 Å². The number of nitrogens with two attached hydrogens (primary N) is 1. The van der Waals surface area contributed by atoms with E-state index in [4.69, 9.17) is 5.73 Å². The predicted octanol–water partition coefficient (Wildman–Crippen LogP) is 4.47. The highest BCUT2D eigenvalue weighted by atomic mass is 32.2. The van der Waals surface area contributed by atoms with Gasteiger partial charge in [0.15, 0.2) is 5.17 Å². The standard InChI is InChI=1S/C19H23N3S/c1-15(2)12-16-8-10-17(11-9-16)13-21-22-19(20)23-14-18-6-4-3-5-7-18/h3-11,13,15H,12,14H2,1-2H3,(H2,20,22). The summed E-state index contributed by atoms with van der Waals surface area (Å²) in [6, 6.07) is 18.6. The molecule has 3 nitrogen and oxygen atoms in total. The minimum absolute atomic E-state index is 0.474. The summed E-state index contributed by atoms with van der Waals surface area (Å²) in [4.78, 5) is 0. The molecular weight excluding hydrogens is 302 g/mol. The average Bonchev–Trinajstić information content (AvgIpc) is 2.55. The zero-order valence-corrected chi connectivity index (χ0v) is 14.5. The Bertz CT molecular complexity index is 646. The van der Waals surface area contributed by atoms with Crippen molar-refractivity contribution in [2.45, 2.75) is 26.0 Å². The molecule has 0 aliphatic rings. The quantitative estimate of drug-likeness (QED) is 0.484. The SMILES string of the molecule is CC(C)Cc1ccc(C=NN=C(N)SCc2ccccc2)cc1. The highest BCUT2D eigenvalue weighted by Gasteiger charge is 1.98. The number of hydrogen-bond acceptors (Lipinski definition) is 3. The van der Waals surface area contributed by atoms with Crippen LogP contribution in [-0.2, 0) is 12.2 Å². The van der Waals surface area contributed by atoms with Crippen LogP contribution < -0.4 is 5.73 Å². The molecule has 0 spiro atoms. The highest BCUT2D eigenvalue weighted by Crippen LogP contribution is 2.12. The van der Waals surface area contributed by atoms with Crippen LogP contribution in [0.15, 0.2) is 64.8 Å². The van der Waals surface area contributed by atoms with Gasteiger partial charge in [-0.05, 0) is 29.0 Å². The maximum atomic E-state index is 5.86. The summed E-state index contributed by atoms with van der Waals surface area (Å²) in [5.41, 5.74) is 9.46. The molecular formula is C19H23N3S. The molecule has 0 fully saturated rings. The van der Waals surface area contributed by atoms with Crippen molar-refractivity contribution < 1.29 is 0 Å². The van der Waals surface area contributed by atoms with Gasteiger partial charge in [0.1, 0.15) is 0 Å². The van der Waals surface area contributed by atoms with Gasteiger partial charge in [-0.1, -0.05) is 80.2 Å².